The van der Waals surface area contributed by atoms with Gasteiger partial charge in [0.1, 0.15) is 0 Å². The highest BCUT2D eigenvalue weighted by molar-refractivity contribution is 6.01. The van der Waals surface area contributed by atoms with E-state index in [1.54, 1.807) is 12.1 Å². The quantitative estimate of drug-likeness (QED) is 0.515. The van der Waals surface area contributed by atoms with Crippen LogP contribution >= 0.6 is 0 Å². The van der Waals surface area contributed by atoms with Crippen LogP contribution in [0.4, 0.5) is 18.9 Å². The fourth-order valence-corrected chi connectivity index (χ4v) is 2.64. The molecule has 136 valence electrons. The van der Waals surface area contributed by atoms with Crippen LogP contribution in [-0.4, -0.2) is 10.5 Å². The van der Waals surface area contributed by atoms with E-state index in [9.17, 15) is 18.0 Å². The lowest BCUT2D eigenvalue weighted by atomic mass is 10.1. The third-order valence-corrected chi connectivity index (χ3v) is 4.00. The van der Waals surface area contributed by atoms with Gasteiger partial charge in [-0.25, -0.2) is 0 Å². The van der Waals surface area contributed by atoms with Crippen LogP contribution in [0.2, 0.25) is 0 Å². The molecule has 1 aromatic heterocycles. The third kappa shape index (κ3) is 4.04. The summed E-state index contributed by atoms with van der Waals surface area (Å²) in [5.41, 5.74) is 2.01. The maximum absolute atomic E-state index is 12.6. The van der Waals surface area contributed by atoms with Gasteiger partial charge in [-0.2, -0.15) is 13.2 Å². The second kappa shape index (κ2) is 7.04. The highest BCUT2D eigenvalue weighted by Gasteiger charge is 2.29. The van der Waals surface area contributed by atoms with Crippen LogP contribution in [-0.2, 0) is 18.0 Å². The number of nitrogens with zero attached hydrogens (tertiary/aromatic N) is 1. The van der Waals surface area contributed by atoms with Crippen LogP contribution < -0.4 is 5.32 Å². The molecule has 0 saturated carbocycles. The Hall–Kier alpha value is -3.46. The Kier molecular flexibility index (Phi) is 4.78. The minimum atomic E-state index is -4.37. The van der Waals surface area contributed by atoms with Gasteiger partial charge in [-0.3, -0.25) is 4.79 Å². The predicted octanol–water partition coefficient (Wildman–Crippen LogP) is 4.72. The summed E-state index contributed by atoms with van der Waals surface area (Å²) >= 11 is 0. The monoisotopic (exact) mass is 368 g/mol. The zero-order valence-electron chi connectivity index (χ0n) is 14.4. The molecule has 0 aliphatic heterocycles. The van der Waals surface area contributed by atoms with E-state index in [1.165, 1.54) is 18.2 Å². The molecular weight excluding hydrogens is 353 g/mol. The number of rotatable bonds is 2. The molecule has 0 unspecified atom stereocenters. The van der Waals surface area contributed by atoms with Gasteiger partial charge in [-0.1, -0.05) is 18.4 Å². The lowest BCUT2D eigenvalue weighted by molar-refractivity contribution is -0.137. The van der Waals surface area contributed by atoms with Gasteiger partial charge in [0.05, 0.1) is 11.1 Å². The Labute approximate surface area is 154 Å². The number of hydrogen-bond acceptors (Lipinski definition) is 1. The molecule has 3 rings (SSSR count). The first-order valence-electron chi connectivity index (χ1n) is 8.00. The molecular formula is C21H15F3N2O. The Bertz CT molecular complexity index is 1080. The van der Waals surface area contributed by atoms with Crippen molar-refractivity contribution in [2.45, 2.75) is 6.18 Å². The maximum Gasteiger partial charge on any atom is 0.416 e. The molecule has 0 aliphatic carbocycles. The summed E-state index contributed by atoms with van der Waals surface area (Å²) < 4.78 is 39.8. The van der Waals surface area contributed by atoms with E-state index >= 15 is 0 Å². The summed E-state index contributed by atoms with van der Waals surface area (Å²) in [6, 6.07) is 10.1. The maximum atomic E-state index is 12.6. The highest BCUT2D eigenvalue weighted by atomic mass is 19.4. The van der Waals surface area contributed by atoms with Crippen molar-refractivity contribution in [1.82, 2.24) is 4.57 Å². The van der Waals surface area contributed by atoms with Gasteiger partial charge < -0.3 is 9.88 Å². The second-order valence-electron chi connectivity index (χ2n) is 5.90. The molecule has 2 aromatic carbocycles. The van der Waals surface area contributed by atoms with Crippen LogP contribution in [0.25, 0.3) is 10.9 Å². The lowest BCUT2D eigenvalue weighted by Gasteiger charge is -2.05. The van der Waals surface area contributed by atoms with Crippen molar-refractivity contribution < 1.29 is 18.0 Å². The zero-order chi connectivity index (χ0) is 19.6. The molecule has 1 N–H and O–H groups in total. The van der Waals surface area contributed by atoms with E-state index in [0.717, 1.165) is 23.0 Å². The normalized spacial score (nSPS) is 11.0. The Morgan fingerprint density at radius 1 is 1.15 bits per heavy atom. The van der Waals surface area contributed by atoms with Gasteiger partial charge in [0.15, 0.2) is 0 Å². The number of fused-ring (bicyclic) bond motifs is 1. The van der Waals surface area contributed by atoms with E-state index in [2.05, 4.69) is 23.7 Å². The molecule has 0 radical (unpaired) electrons. The first-order chi connectivity index (χ1) is 12.8. The second-order valence-corrected chi connectivity index (χ2v) is 5.90. The van der Waals surface area contributed by atoms with Crippen molar-refractivity contribution in [1.29, 1.82) is 0 Å². The number of aryl methyl sites for hydroxylation is 1. The molecule has 6 heteroatoms. The van der Waals surface area contributed by atoms with Crippen molar-refractivity contribution >= 4 is 22.5 Å². The number of carbonyl (C=O) groups is 1. The van der Waals surface area contributed by atoms with Gasteiger partial charge in [0, 0.05) is 35.4 Å². The summed E-state index contributed by atoms with van der Waals surface area (Å²) in [5, 5.41) is 3.53. The van der Waals surface area contributed by atoms with Crippen molar-refractivity contribution in [2.24, 2.45) is 7.05 Å². The number of amides is 1. The molecule has 0 atom stereocenters. The number of halogens is 3. The number of anilines is 1. The third-order valence-electron chi connectivity index (χ3n) is 4.00. The number of benzene rings is 2. The minimum Gasteiger partial charge on any atom is -0.349 e. The van der Waals surface area contributed by atoms with Gasteiger partial charge in [-0.15, -0.1) is 0 Å². The van der Waals surface area contributed by atoms with E-state index in [-0.39, 0.29) is 5.91 Å². The van der Waals surface area contributed by atoms with Crippen LogP contribution in [0, 0.1) is 11.8 Å². The highest BCUT2D eigenvalue weighted by Crippen LogP contribution is 2.29. The summed E-state index contributed by atoms with van der Waals surface area (Å²) in [5.74, 6) is 5.56. The first kappa shape index (κ1) is 18.3. The molecule has 0 fully saturated rings. The Morgan fingerprint density at radius 3 is 2.48 bits per heavy atom. The smallest absolute Gasteiger partial charge is 0.349 e. The summed E-state index contributed by atoms with van der Waals surface area (Å²) in [4.78, 5) is 11.5. The average Bonchev–Trinajstić information content (AvgIpc) is 2.95. The summed E-state index contributed by atoms with van der Waals surface area (Å²) in [6.07, 6.45) is -1.35. The van der Waals surface area contributed by atoms with Crippen molar-refractivity contribution in [3.63, 3.8) is 0 Å². The topological polar surface area (TPSA) is 34.0 Å². The standard InChI is InChI=1S/C21H15F3N2O/c1-3-20(27)25-17-10-11-19-18(12-17)15(13-26(19)2)7-4-14-5-8-16(9-6-14)21(22,23)24/h3,5-6,8-13H,1H2,2H3,(H,25,27). The Balaban J connectivity index is 1.95. The molecule has 1 amide bonds. The first-order valence-corrected chi connectivity index (χ1v) is 8.00. The van der Waals surface area contributed by atoms with Gasteiger partial charge >= 0.3 is 6.18 Å². The number of alkyl halides is 3. The Morgan fingerprint density at radius 2 is 1.85 bits per heavy atom. The molecule has 0 saturated heterocycles. The number of hydrogen-bond donors (Lipinski definition) is 1. The SMILES string of the molecule is C=CC(=O)Nc1ccc2c(c1)c(C#Cc1ccc(C(F)(F)F)cc1)cn2C. The average molecular weight is 368 g/mol. The summed E-state index contributed by atoms with van der Waals surface area (Å²) in [7, 11) is 1.87. The molecule has 3 nitrogen and oxygen atoms in total. The van der Waals surface area contributed by atoms with Gasteiger partial charge in [-0.05, 0) is 48.5 Å². The largest absolute Gasteiger partial charge is 0.416 e. The lowest BCUT2D eigenvalue weighted by Crippen LogP contribution is -2.06. The van der Waals surface area contributed by atoms with Gasteiger partial charge in [0.2, 0.25) is 5.91 Å². The molecule has 27 heavy (non-hydrogen) atoms. The van der Waals surface area contributed by atoms with Crippen LogP contribution in [0.3, 0.4) is 0 Å². The number of aromatic nitrogens is 1. The van der Waals surface area contributed by atoms with E-state index in [4.69, 9.17) is 0 Å². The van der Waals surface area contributed by atoms with E-state index in [0.29, 0.717) is 16.8 Å². The predicted molar refractivity (Wildman–Crippen MR) is 99.2 cm³/mol. The van der Waals surface area contributed by atoms with Crippen LogP contribution in [0.15, 0.2) is 61.3 Å². The molecule has 3 aromatic rings. The van der Waals surface area contributed by atoms with Gasteiger partial charge in [0.25, 0.3) is 0 Å². The molecule has 0 spiro atoms. The minimum absolute atomic E-state index is 0.317. The van der Waals surface area contributed by atoms with Crippen molar-refractivity contribution in [2.75, 3.05) is 5.32 Å². The fourth-order valence-electron chi connectivity index (χ4n) is 2.64. The van der Waals surface area contributed by atoms with E-state index < -0.39 is 11.7 Å². The van der Waals surface area contributed by atoms with Crippen LogP contribution in [0.5, 0.6) is 0 Å². The molecule has 0 bridgehead atoms. The number of carbonyl (C=O) groups excluding carboxylic acids is 1. The van der Waals surface area contributed by atoms with Crippen LogP contribution in [0.1, 0.15) is 16.7 Å². The molecule has 1 heterocycles. The number of nitrogens with one attached hydrogen (secondary N) is 1. The fraction of sp³-hybridized carbons (Fsp3) is 0.0952. The summed E-state index contributed by atoms with van der Waals surface area (Å²) in [6.45, 7) is 3.42. The van der Waals surface area contributed by atoms with E-state index in [1.807, 2.05) is 23.9 Å². The van der Waals surface area contributed by atoms with Crippen molar-refractivity contribution in [3.8, 4) is 11.8 Å². The zero-order valence-corrected chi connectivity index (χ0v) is 14.4. The van der Waals surface area contributed by atoms with Crippen molar-refractivity contribution in [3.05, 3.63) is 78.0 Å². The molecule has 0 aliphatic rings.